The van der Waals surface area contributed by atoms with Crippen LogP contribution in [0.4, 0.5) is 0 Å². The fourth-order valence-electron chi connectivity index (χ4n) is 9.00. The Morgan fingerprint density at radius 1 is 0.351 bits per heavy atom. The largest absolute Gasteiger partial charge is 0.309 e. The van der Waals surface area contributed by atoms with E-state index in [1.54, 1.807) is 0 Å². The van der Waals surface area contributed by atoms with Crippen LogP contribution in [0.1, 0.15) is 25.0 Å². The molecular formula is C53H38N4. The Bertz CT molecular complexity index is 3060. The fourth-order valence-corrected chi connectivity index (χ4v) is 9.00. The number of hydrogen-bond acceptors (Lipinski definition) is 2. The molecule has 0 aliphatic heterocycles. The van der Waals surface area contributed by atoms with Crippen molar-refractivity contribution in [1.29, 1.82) is 0 Å². The minimum atomic E-state index is -0.0200. The highest BCUT2D eigenvalue weighted by Gasteiger charge is 2.35. The Morgan fingerprint density at radius 3 is 1.51 bits per heavy atom. The third-order valence-electron chi connectivity index (χ3n) is 11.9. The van der Waals surface area contributed by atoms with Gasteiger partial charge < -0.3 is 4.57 Å². The molecule has 8 aromatic carbocycles. The summed E-state index contributed by atoms with van der Waals surface area (Å²) in [6.45, 7) is 4.68. The van der Waals surface area contributed by atoms with Gasteiger partial charge in [0.1, 0.15) is 0 Å². The van der Waals surface area contributed by atoms with Crippen molar-refractivity contribution in [3.05, 3.63) is 205 Å². The molecule has 1 aliphatic carbocycles. The predicted molar refractivity (Wildman–Crippen MR) is 235 cm³/mol. The molecule has 0 saturated heterocycles. The zero-order valence-corrected chi connectivity index (χ0v) is 31.8. The van der Waals surface area contributed by atoms with Crippen LogP contribution in [0.25, 0.3) is 89.3 Å². The van der Waals surface area contributed by atoms with Crippen LogP contribution in [0.2, 0.25) is 0 Å². The van der Waals surface area contributed by atoms with E-state index in [0.29, 0.717) is 0 Å². The first-order valence-corrected chi connectivity index (χ1v) is 19.6. The minimum absolute atomic E-state index is 0.0200. The van der Waals surface area contributed by atoms with Crippen LogP contribution in [0.5, 0.6) is 0 Å². The maximum atomic E-state index is 4.68. The molecule has 10 aromatic rings. The Kier molecular flexibility index (Phi) is 7.48. The van der Waals surface area contributed by atoms with Crippen molar-refractivity contribution in [1.82, 2.24) is 19.3 Å². The molecule has 57 heavy (non-hydrogen) atoms. The van der Waals surface area contributed by atoms with Crippen LogP contribution in [-0.4, -0.2) is 19.3 Å². The summed E-state index contributed by atoms with van der Waals surface area (Å²) in [6.07, 6.45) is 0. The molecular weight excluding hydrogens is 693 g/mol. The Balaban J connectivity index is 0.950. The van der Waals surface area contributed by atoms with Gasteiger partial charge in [-0.05, 0) is 93.0 Å². The van der Waals surface area contributed by atoms with Gasteiger partial charge in [-0.1, -0.05) is 159 Å². The van der Waals surface area contributed by atoms with Crippen LogP contribution in [0.15, 0.2) is 194 Å². The molecule has 4 heteroatoms. The summed E-state index contributed by atoms with van der Waals surface area (Å²) < 4.78 is 4.53. The maximum absolute atomic E-state index is 4.68. The number of benzene rings is 8. The van der Waals surface area contributed by atoms with Gasteiger partial charge in [0, 0.05) is 38.7 Å². The van der Waals surface area contributed by atoms with Crippen molar-refractivity contribution < 1.29 is 0 Å². The molecule has 0 spiro atoms. The third-order valence-corrected chi connectivity index (χ3v) is 11.9. The quantitative estimate of drug-likeness (QED) is 0.171. The number of fused-ring (bicyclic) bond motifs is 6. The van der Waals surface area contributed by atoms with Crippen LogP contribution in [0.3, 0.4) is 0 Å². The molecule has 2 aromatic heterocycles. The van der Waals surface area contributed by atoms with E-state index in [1.807, 2.05) is 36.4 Å². The number of hydrogen-bond donors (Lipinski definition) is 0. The third kappa shape index (κ3) is 5.29. The van der Waals surface area contributed by atoms with E-state index >= 15 is 0 Å². The first-order chi connectivity index (χ1) is 28.0. The average Bonchev–Trinajstić information content (AvgIpc) is 3.93. The van der Waals surface area contributed by atoms with E-state index in [4.69, 9.17) is 0 Å². The highest BCUT2D eigenvalue weighted by molar-refractivity contribution is 6.10. The summed E-state index contributed by atoms with van der Waals surface area (Å²) in [5.74, 6) is 1.61. The minimum Gasteiger partial charge on any atom is -0.309 e. The first-order valence-electron chi connectivity index (χ1n) is 19.6. The predicted octanol–water partition coefficient (Wildman–Crippen LogP) is 13.3. The molecule has 2 heterocycles. The number of nitrogens with zero attached hydrogens (tertiary/aromatic N) is 4. The summed E-state index contributed by atoms with van der Waals surface area (Å²) >= 11 is 0. The van der Waals surface area contributed by atoms with Crippen LogP contribution >= 0.6 is 0 Å². The molecule has 270 valence electrons. The van der Waals surface area contributed by atoms with Gasteiger partial charge in [0.2, 0.25) is 0 Å². The molecule has 0 radical (unpaired) electrons. The summed E-state index contributed by atoms with van der Waals surface area (Å²) in [5.41, 5.74) is 16.9. The van der Waals surface area contributed by atoms with Crippen molar-refractivity contribution in [2.24, 2.45) is 0 Å². The van der Waals surface area contributed by atoms with Gasteiger partial charge in [0.05, 0.1) is 11.0 Å². The summed E-state index contributed by atoms with van der Waals surface area (Å²) in [6, 6.07) is 69.8. The lowest BCUT2D eigenvalue weighted by Crippen LogP contribution is -2.14. The van der Waals surface area contributed by atoms with Crippen molar-refractivity contribution in [2.75, 3.05) is 0 Å². The lowest BCUT2D eigenvalue weighted by Gasteiger charge is -2.22. The monoisotopic (exact) mass is 730 g/mol. The molecule has 0 unspecified atom stereocenters. The van der Waals surface area contributed by atoms with Gasteiger partial charge in [-0.2, -0.15) is 0 Å². The second-order valence-corrected chi connectivity index (χ2v) is 15.5. The van der Waals surface area contributed by atoms with Gasteiger partial charge in [-0.3, -0.25) is 4.57 Å². The van der Waals surface area contributed by atoms with E-state index in [9.17, 15) is 0 Å². The lowest BCUT2D eigenvalue weighted by atomic mass is 9.81. The van der Waals surface area contributed by atoms with Crippen LogP contribution < -0.4 is 0 Å². The molecule has 4 nitrogen and oxygen atoms in total. The Hall–Kier alpha value is -7.30. The van der Waals surface area contributed by atoms with E-state index in [2.05, 4.69) is 191 Å². The van der Waals surface area contributed by atoms with E-state index in [1.165, 1.54) is 66.3 Å². The highest BCUT2D eigenvalue weighted by Crippen LogP contribution is 2.49. The topological polar surface area (TPSA) is 35.6 Å². The standard InChI is InChI=1S/C53H38N4/c1-53(2)47-19-11-9-17-43(47)44-31-25-40(34-48(44)53)36-23-21-35(22-24-36)39-26-32-50-46(33-39)45-18-10-12-20-49(45)56(50)41-27-29-42(30-28-41)57-51(37-13-5-3-6-14-37)54-55-52(57)38-15-7-4-8-16-38/h3-34H,1-2H3. The number of rotatable bonds is 6. The second-order valence-electron chi connectivity index (χ2n) is 15.5. The normalized spacial score (nSPS) is 12.9. The molecule has 0 atom stereocenters. The molecule has 0 amide bonds. The molecule has 11 rings (SSSR count). The van der Waals surface area contributed by atoms with E-state index in [-0.39, 0.29) is 5.41 Å². The lowest BCUT2D eigenvalue weighted by molar-refractivity contribution is 0.660. The summed E-state index contributed by atoms with van der Waals surface area (Å²) in [5, 5.41) is 11.8. The Labute approximate surface area is 332 Å². The van der Waals surface area contributed by atoms with Gasteiger partial charge in [0.15, 0.2) is 11.6 Å². The molecule has 0 bridgehead atoms. The smallest absolute Gasteiger partial charge is 0.168 e. The molecule has 0 fully saturated rings. The second kappa shape index (κ2) is 12.9. The summed E-state index contributed by atoms with van der Waals surface area (Å²) in [4.78, 5) is 0. The highest BCUT2D eigenvalue weighted by atomic mass is 15.3. The zero-order valence-electron chi connectivity index (χ0n) is 31.8. The Morgan fingerprint density at radius 2 is 0.842 bits per heavy atom. The SMILES string of the molecule is CC1(C)c2ccccc2-c2ccc(-c3ccc(-c4ccc5c(c4)c4ccccc4n5-c4ccc(-n5c(-c6ccccc6)nnc5-c5ccccc5)cc4)cc3)cc21. The van der Waals surface area contributed by atoms with Gasteiger partial charge in [0.25, 0.3) is 0 Å². The first kappa shape index (κ1) is 33.1. The van der Waals surface area contributed by atoms with E-state index in [0.717, 1.165) is 34.2 Å². The van der Waals surface area contributed by atoms with Crippen molar-refractivity contribution >= 4 is 21.8 Å². The number of aromatic nitrogens is 4. The van der Waals surface area contributed by atoms with Crippen molar-refractivity contribution in [3.63, 3.8) is 0 Å². The molecule has 0 N–H and O–H groups in total. The van der Waals surface area contributed by atoms with E-state index < -0.39 is 0 Å². The molecule has 1 aliphatic rings. The van der Waals surface area contributed by atoms with Crippen LogP contribution in [-0.2, 0) is 5.41 Å². The van der Waals surface area contributed by atoms with Crippen molar-refractivity contribution in [3.8, 4) is 67.5 Å². The fraction of sp³-hybridized carbons (Fsp3) is 0.0566. The summed E-state index contributed by atoms with van der Waals surface area (Å²) in [7, 11) is 0. The maximum Gasteiger partial charge on any atom is 0.168 e. The average molecular weight is 731 g/mol. The van der Waals surface area contributed by atoms with Crippen LogP contribution in [0, 0.1) is 0 Å². The van der Waals surface area contributed by atoms with Gasteiger partial charge >= 0.3 is 0 Å². The van der Waals surface area contributed by atoms with Gasteiger partial charge in [-0.25, -0.2) is 0 Å². The van der Waals surface area contributed by atoms with Crippen molar-refractivity contribution in [2.45, 2.75) is 19.3 Å². The number of para-hydroxylation sites is 1. The van der Waals surface area contributed by atoms with Gasteiger partial charge in [-0.15, -0.1) is 10.2 Å². The zero-order chi connectivity index (χ0) is 38.1. The molecule has 0 saturated carbocycles.